The summed E-state index contributed by atoms with van der Waals surface area (Å²) in [4.78, 5) is 27.3. The fourth-order valence-corrected chi connectivity index (χ4v) is 4.78. The molecular formula is C30H38ClF3N2O3. The zero-order valence-corrected chi connectivity index (χ0v) is 23.8. The number of nitrogens with zero attached hydrogens (tertiary/aromatic N) is 1. The summed E-state index contributed by atoms with van der Waals surface area (Å²) < 4.78 is 44.4. The van der Waals surface area contributed by atoms with Crippen molar-refractivity contribution in [1.82, 2.24) is 10.2 Å². The number of hydrogen-bond donors (Lipinski definition) is 1. The van der Waals surface area contributed by atoms with E-state index in [0.717, 1.165) is 53.9 Å². The van der Waals surface area contributed by atoms with Crippen LogP contribution in [-0.4, -0.2) is 50.4 Å². The zero-order valence-electron chi connectivity index (χ0n) is 23.1. The third kappa shape index (κ3) is 10.0. The van der Waals surface area contributed by atoms with Gasteiger partial charge in [-0.3, -0.25) is 9.59 Å². The minimum atomic E-state index is -4.61. The number of amides is 1. The normalized spacial score (nSPS) is 12.9. The van der Waals surface area contributed by atoms with Gasteiger partial charge in [-0.15, -0.1) is 0 Å². The van der Waals surface area contributed by atoms with Crippen molar-refractivity contribution < 1.29 is 27.5 Å². The molecule has 0 radical (unpaired) electrons. The molecule has 9 heteroatoms. The van der Waals surface area contributed by atoms with E-state index in [1.54, 1.807) is 7.11 Å². The van der Waals surface area contributed by atoms with Gasteiger partial charge < -0.3 is 15.0 Å². The largest absolute Gasteiger partial charge is 0.417 e. The fourth-order valence-electron chi connectivity index (χ4n) is 4.56. The van der Waals surface area contributed by atoms with E-state index in [9.17, 15) is 22.8 Å². The first-order valence-corrected chi connectivity index (χ1v) is 13.4. The lowest BCUT2D eigenvalue weighted by Gasteiger charge is -2.23. The molecule has 1 atom stereocenters. The number of hydrogen-bond acceptors (Lipinski definition) is 4. The molecule has 2 rings (SSSR count). The smallest absolute Gasteiger partial charge is 0.383 e. The molecule has 1 unspecified atom stereocenters. The van der Waals surface area contributed by atoms with E-state index >= 15 is 0 Å². The van der Waals surface area contributed by atoms with E-state index < -0.39 is 16.8 Å². The standard InChI is InChI=1S/C30H38ClF3N2O3/c1-6-8-22(9-7-10-28(37)23-11-12-27(31)26(17-23)30(32,33)34)18-36(4)19-24-16-25(21(3)15-20(24)2)29(38)35-13-14-39-5/h11-12,15-17,19,22H,2,6-10,13-14,18H2,1,3-5H3,(H,35,38)/b24-19-. The lowest BCUT2D eigenvalue weighted by Crippen LogP contribution is -2.33. The summed E-state index contributed by atoms with van der Waals surface area (Å²) >= 11 is 5.67. The van der Waals surface area contributed by atoms with Crippen molar-refractivity contribution in [2.24, 2.45) is 5.92 Å². The van der Waals surface area contributed by atoms with Crippen molar-refractivity contribution >= 4 is 36.1 Å². The summed E-state index contributed by atoms with van der Waals surface area (Å²) in [5.41, 5.74) is 0.449. The molecule has 0 bridgehead atoms. The van der Waals surface area contributed by atoms with Crippen LogP contribution in [0.4, 0.5) is 13.2 Å². The van der Waals surface area contributed by atoms with Gasteiger partial charge >= 0.3 is 6.18 Å². The monoisotopic (exact) mass is 566 g/mol. The average molecular weight is 567 g/mol. The Kier molecular flexibility index (Phi) is 12.5. The molecule has 0 aliphatic rings. The van der Waals surface area contributed by atoms with Gasteiger partial charge in [0.05, 0.1) is 17.2 Å². The van der Waals surface area contributed by atoms with Crippen LogP contribution in [0.2, 0.25) is 5.02 Å². The van der Waals surface area contributed by atoms with Crippen molar-refractivity contribution in [1.29, 1.82) is 0 Å². The van der Waals surface area contributed by atoms with Gasteiger partial charge in [0.25, 0.3) is 5.91 Å². The van der Waals surface area contributed by atoms with Crippen LogP contribution in [0.1, 0.15) is 70.9 Å². The molecule has 1 amide bonds. The Morgan fingerprint density at radius 3 is 2.56 bits per heavy atom. The zero-order chi connectivity index (χ0) is 29.2. The Hall–Kier alpha value is -2.84. The van der Waals surface area contributed by atoms with Crippen LogP contribution < -0.4 is 15.8 Å². The highest BCUT2D eigenvalue weighted by atomic mass is 35.5. The molecule has 0 saturated carbocycles. The minimum absolute atomic E-state index is 0.0219. The molecule has 2 aromatic carbocycles. The van der Waals surface area contributed by atoms with Crippen molar-refractivity contribution in [3.05, 3.63) is 68.0 Å². The highest BCUT2D eigenvalue weighted by Crippen LogP contribution is 2.35. The maximum absolute atomic E-state index is 13.1. The number of methoxy groups -OCH3 is 1. The average Bonchev–Trinajstić information content (AvgIpc) is 2.85. The quantitative estimate of drug-likeness (QED) is 0.239. The summed E-state index contributed by atoms with van der Waals surface area (Å²) in [6, 6.07) is 7.03. The summed E-state index contributed by atoms with van der Waals surface area (Å²) in [6.07, 6.45) is 0.761. The van der Waals surface area contributed by atoms with Crippen LogP contribution in [0.25, 0.3) is 12.8 Å². The topological polar surface area (TPSA) is 58.6 Å². The first kappa shape index (κ1) is 32.4. The highest BCUT2D eigenvalue weighted by Gasteiger charge is 2.33. The first-order chi connectivity index (χ1) is 18.4. The van der Waals surface area contributed by atoms with Crippen LogP contribution in [0, 0.1) is 12.8 Å². The number of rotatable bonds is 14. The van der Waals surface area contributed by atoms with Gasteiger partial charge in [0, 0.05) is 51.0 Å². The van der Waals surface area contributed by atoms with Gasteiger partial charge in [-0.25, -0.2) is 0 Å². The van der Waals surface area contributed by atoms with Crippen LogP contribution >= 0.6 is 11.6 Å². The van der Waals surface area contributed by atoms with Gasteiger partial charge in [0.15, 0.2) is 5.78 Å². The van der Waals surface area contributed by atoms with Crippen LogP contribution in [0.5, 0.6) is 0 Å². The third-order valence-corrected chi connectivity index (χ3v) is 6.86. The van der Waals surface area contributed by atoms with E-state index in [0.29, 0.717) is 25.1 Å². The van der Waals surface area contributed by atoms with Crippen molar-refractivity contribution in [3.8, 4) is 0 Å². The highest BCUT2D eigenvalue weighted by molar-refractivity contribution is 6.31. The van der Waals surface area contributed by atoms with E-state index in [1.165, 1.54) is 6.07 Å². The Balaban J connectivity index is 2.06. The molecular weight excluding hydrogens is 529 g/mol. The molecule has 214 valence electrons. The predicted molar refractivity (Wildman–Crippen MR) is 150 cm³/mol. The summed E-state index contributed by atoms with van der Waals surface area (Å²) in [5.74, 6) is -0.209. The number of halogens is 4. The van der Waals surface area contributed by atoms with Crippen LogP contribution in [0.15, 0.2) is 30.3 Å². The summed E-state index contributed by atoms with van der Waals surface area (Å²) in [5, 5.41) is 4.08. The molecule has 0 heterocycles. The fraction of sp³-hybridized carbons (Fsp3) is 0.467. The lowest BCUT2D eigenvalue weighted by atomic mass is 9.94. The van der Waals surface area contributed by atoms with Crippen molar-refractivity contribution in [3.63, 3.8) is 0 Å². The van der Waals surface area contributed by atoms with Crippen molar-refractivity contribution in [2.45, 2.75) is 52.1 Å². The second kappa shape index (κ2) is 15.1. The second-order valence-corrected chi connectivity index (χ2v) is 10.3. The molecule has 5 nitrogen and oxygen atoms in total. The Morgan fingerprint density at radius 1 is 1.21 bits per heavy atom. The number of benzene rings is 2. The molecule has 0 fully saturated rings. The van der Waals surface area contributed by atoms with E-state index in [1.807, 2.05) is 32.3 Å². The summed E-state index contributed by atoms with van der Waals surface area (Å²) in [6.45, 7) is 9.67. The Morgan fingerprint density at radius 2 is 1.92 bits per heavy atom. The number of ether oxygens (including phenoxy) is 1. The van der Waals surface area contributed by atoms with E-state index in [2.05, 4.69) is 23.7 Å². The van der Waals surface area contributed by atoms with Gasteiger partial charge in [-0.1, -0.05) is 37.6 Å². The second-order valence-electron chi connectivity index (χ2n) is 9.85. The number of ketones is 1. The molecule has 0 aromatic heterocycles. The number of carbonyl (C=O) groups excluding carboxylic acids is 2. The Labute approximate surface area is 233 Å². The molecule has 0 saturated heterocycles. The third-order valence-electron chi connectivity index (χ3n) is 6.54. The maximum Gasteiger partial charge on any atom is 0.417 e. The number of aryl methyl sites for hydroxylation is 1. The number of alkyl halides is 3. The first-order valence-electron chi connectivity index (χ1n) is 13.1. The van der Waals surface area contributed by atoms with Gasteiger partial charge in [-0.2, -0.15) is 13.2 Å². The predicted octanol–water partition coefficient (Wildman–Crippen LogP) is 5.59. The van der Waals surface area contributed by atoms with E-state index in [-0.39, 0.29) is 29.6 Å². The van der Waals surface area contributed by atoms with Gasteiger partial charge in [-0.05, 0) is 72.4 Å². The number of carbonyl (C=O) groups is 2. The molecule has 39 heavy (non-hydrogen) atoms. The molecule has 0 spiro atoms. The number of nitrogens with one attached hydrogen (secondary N) is 1. The molecule has 0 aliphatic heterocycles. The van der Waals surface area contributed by atoms with Gasteiger partial charge in [0.1, 0.15) is 0 Å². The van der Waals surface area contributed by atoms with Crippen LogP contribution in [-0.2, 0) is 10.9 Å². The lowest BCUT2D eigenvalue weighted by molar-refractivity contribution is -0.137. The number of Topliss-reactive ketones (excluding diaryl/α,β-unsaturated/α-hetero) is 1. The molecule has 1 N–H and O–H groups in total. The maximum atomic E-state index is 13.1. The van der Waals surface area contributed by atoms with E-state index in [4.69, 9.17) is 16.3 Å². The molecule has 0 aliphatic carbocycles. The van der Waals surface area contributed by atoms with Gasteiger partial charge in [0.2, 0.25) is 0 Å². The van der Waals surface area contributed by atoms with Crippen LogP contribution in [0.3, 0.4) is 0 Å². The minimum Gasteiger partial charge on any atom is -0.383 e. The summed E-state index contributed by atoms with van der Waals surface area (Å²) in [7, 11) is 3.53. The SMILES string of the molecule is C=c1cc(C)c(C(=O)NCCOC)c/c1=C/N(C)CC(CCC)CCCC(=O)c1ccc(Cl)c(C(F)(F)F)c1. The van der Waals surface area contributed by atoms with Crippen molar-refractivity contribution in [2.75, 3.05) is 33.9 Å². The Bertz CT molecular complexity index is 1250. The molecule has 2 aromatic rings.